The van der Waals surface area contributed by atoms with Crippen molar-refractivity contribution in [3.05, 3.63) is 84.1 Å². The van der Waals surface area contributed by atoms with Gasteiger partial charge in [-0.25, -0.2) is 4.39 Å². The van der Waals surface area contributed by atoms with Gasteiger partial charge in [-0.15, -0.1) is 0 Å². The molecule has 1 aliphatic rings. The highest BCUT2D eigenvalue weighted by atomic mass is 19.2. The van der Waals surface area contributed by atoms with Crippen LogP contribution in [-0.4, -0.2) is 18.1 Å². The van der Waals surface area contributed by atoms with Gasteiger partial charge in [-0.1, -0.05) is 78.7 Å². The van der Waals surface area contributed by atoms with Crippen LogP contribution < -0.4 is 0 Å². The van der Waals surface area contributed by atoms with Crippen molar-refractivity contribution in [3.63, 3.8) is 0 Å². The Morgan fingerprint density at radius 1 is 1.30 bits per heavy atom. The molecule has 0 N–H and O–H groups in total. The zero-order valence-corrected chi connectivity index (χ0v) is 16.1. The van der Waals surface area contributed by atoms with E-state index in [0.717, 1.165) is 22.3 Å². The van der Waals surface area contributed by atoms with Gasteiger partial charge in [-0.3, -0.25) is 4.99 Å². The summed E-state index contributed by atoms with van der Waals surface area (Å²) in [4.78, 5) is 4.35. The highest BCUT2D eigenvalue weighted by Crippen LogP contribution is 2.24. The van der Waals surface area contributed by atoms with Gasteiger partial charge in [0.1, 0.15) is 12.4 Å². The second-order valence-corrected chi connectivity index (χ2v) is 5.40. The van der Waals surface area contributed by atoms with Gasteiger partial charge in [0, 0.05) is 11.8 Å². The molecule has 2 nitrogen and oxygen atoms in total. The fraction of sp³-hybridized carbons (Fsp3) is 0.217. The van der Waals surface area contributed by atoms with Gasteiger partial charge >= 0.3 is 0 Å². The van der Waals surface area contributed by atoms with Crippen molar-refractivity contribution in [1.82, 2.24) is 0 Å². The van der Waals surface area contributed by atoms with Gasteiger partial charge in [0.2, 0.25) is 0 Å². The number of halogens is 2. The summed E-state index contributed by atoms with van der Waals surface area (Å²) in [7, 11) is 0. The van der Waals surface area contributed by atoms with E-state index < -0.39 is 6.67 Å². The van der Waals surface area contributed by atoms with Crippen LogP contribution in [0, 0.1) is 6.92 Å². The molecule has 4 heteroatoms. The van der Waals surface area contributed by atoms with Crippen molar-refractivity contribution in [2.45, 2.75) is 27.2 Å². The van der Waals surface area contributed by atoms with Crippen molar-refractivity contribution >= 4 is 23.1 Å². The van der Waals surface area contributed by atoms with Crippen LogP contribution in [0.1, 0.15) is 37.0 Å². The Morgan fingerprint density at radius 2 is 2.07 bits per heavy atom. The minimum Gasteiger partial charge on any atom is -0.254 e. The lowest BCUT2D eigenvalue weighted by Crippen LogP contribution is -2.13. The lowest BCUT2D eigenvalue weighted by molar-refractivity contribution is 0.540. The summed E-state index contributed by atoms with van der Waals surface area (Å²) >= 11 is 0. The number of benzene rings is 1. The van der Waals surface area contributed by atoms with E-state index in [1.54, 1.807) is 12.3 Å². The molecule has 0 aromatic heterocycles. The first-order valence-electron chi connectivity index (χ1n) is 8.96. The average molecular weight is 368 g/mol. The van der Waals surface area contributed by atoms with Crippen molar-refractivity contribution < 1.29 is 8.87 Å². The van der Waals surface area contributed by atoms with E-state index in [-0.39, 0.29) is 5.71 Å². The molecular weight excluding hydrogens is 342 g/mol. The fourth-order valence-electron chi connectivity index (χ4n) is 2.45. The van der Waals surface area contributed by atoms with Gasteiger partial charge in [-0.2, -0.15) is 0 Å². The maximum Gasteiger partial charge on any atom is 0.122 e. The lowest BCUT2D eigenvalue weighted by atomic mass is 9.94. The minimum absolute atomic E-state index is 0.0852. The molecule has 0 saturated carbocycles. The summed E-state index contributed by atoms with van der Waals surface area (Å²) in [6.07, 6.45) is 13.8. The zero-order valence-electron chi connectivity index (χ0n) is 16.1. The summed E-state index contributed by atoms with van der Waals surface area (Å²) in [5.41, 5.74) is 4.35. The van der Waals surface area contributed by atoms with Crippen LogP contribution in [0.15, 0.2) is 77.6 Å². The Bertz CT molecular complexity index is 810. The summed E-state index contributed by atoms with van der Waals surface area (Å²) < 4.78 is 25.4. The predicted molar refractivity (Wildman–Crippen MR) is 115 cm³/mol. The highest BCUT2D eigenvalue weighted by Gasteiger charge is 2.16. The molecule has 142 valence electrons. The Labute approximate surface area is 160 Å². The first-order chi connectivity index (χ1) is 13.2. The molecule has 1 aromatic carbocycles. The van der Waals surface area contributed by atoms with Crippen molar-refractivity contribution in [1.29, 1.82) is 0 Å². The maximum atomic E-state index is 13.3. The van der Waals surface area contributed by atoms with Crippen LogP contribution in [0.4, 0.5) is 8.87 Å². The normalized spacial score (nSPS) is 14.5. The lowest BCUT2D eigenvalue weighted by Gasteiger charge is -2.12. The van der Waals surface area contributed by atoms with E-state index >= 15 is 0 Å². The summed E-state index contributed by atoms with van der Waals surface area (Å²) in [5, 5.41) is 2.86. The van der Waals surface area contributed by atoms with E-state index in [2.05, 4.69) is 16.8 Å². The Hall–Kier alpha value is -2.88. The standard InChI is InChI=1S/C21H20F2N2.C2H6/c1-3-17-15-18(12-11-16(17)2)19-9-6-8-14-24-21(19)20(25-23)10-5-4-7-13-22;1-2/h3-5,7-12,14-15H,1,6,13H2,2H3;1-2H3/b7-4+,10-5-,25-20+;. The number of aryl methyl sites for hydroxylation is 1. The number of aliphatic imine (C=N–C) groups is 1. The molecule has 1 aromatic rings. The van der Waals surface area contributed by atoms with Gasteiger partial charge in [0.25, 0.3) is 0 Å². The van der Waals surface area contributed by atoms with Crippen LogP contribution in [0.2, 0.25) is 0 Å². The molecule has 0 unspecified atom stereocenters. The summed E-state index contributed by atoms with van der Waals surface area (Å²) in [6.45, 7) is 9.26. The van der Waals surface area contributed by atoms with E-state index in [9.17, 15) is 8.87 Å². The average Bonchev–Trinajstić information content (AvgIpc) is 2.96. The Balaban J connectivity index is 0.00000176. The molecule has 0 radical (unpaired) electrons. The second kappa shape index (κ2) is 12.5. The van der Waals surface area contributed by atoms with Crippen LogP contribution in [-0.2, 0) is 0 Å². The Morgan fingerprint density at radius 3 is 2.74 bits per heavy atom. The molecular formula is C23H26F2N2. The van der Waals surface area contributed by atoms with Crippen LogP contribution in [0.3, 0.4) is 0 Å². The number of alkyl halides is 1. The SMILES string of the molecule is C=Cc1cc(C2=CCC=CN=C2C(/C=C\C=C\CF)=N/F)ccc1C.CC. The van der Waals surface area contributed by atoms with Gasteiger partial charge in [-0.05, 0) is 42.2 Å². The molecule has 0 aliphatic carbocycles. The smallest absolute Gasteiger partial charge is 0.122 e. The monoisotopic (exact) mass is 368 g/mol. The van der Waals surface area contributed by atoms with Gasteiger partial charge in [0.05, 0.1) is 5.71 Å². The Kier molecular flexibility index (Phi) is 10.2. The van der Waals surface area contributed by atoms with Gasteiger partial charge < -0.3 is 0 Å². The molecule has 1 heterocycles. The molecule has 1 aliphatic heterocycles. The third-order valence-corrected chi connectivity index (χ3v) is 3.76. The number of rotatable bonds is 6. The van der Waals surface area contributed by atoms with E-state index in [0.29, 0.717) is 12.1 Å². The number of hydrogen-bond donors (Lipinski definition) is 0. The first-order valence-corrected chi connectivity index (χ1v) is 8.96. The predicted octanol–water partition coefficient (Wildman–Crippen LogP) is 6.81. The molecule has 0 spiro atoms. The molecule has 0 atom stereocenters. The van der Waals surface area contributed by atoms with Crippen molar-refractivity contribution in [3.8, 4) is 0 Å². The molecule has 27 heavy (non-hydrogen) atoms. The molecule has 2 rings (SSSR count). The third kappa shape index (κ3) is 6.41. The largest absolute Gasteiger partial charge is 0.254 e. The molecule has 0 bridgehead atoms. The van der Waals surface area contributed by atoms with Crippen molar-refractivity contribution in [2.24, 2.45) is 10.2 Å². The van der Waals surface area contributed by atoms with Crippen LogP contribution >= 0.6 is 0 Å². The summed E-state index contributed by atoms with van der Waals surface area (Å²) in [6, 6.07) is 5.96. The highest BCUT2D eigenvalue weighted by molar-refractivity contribution is 6.61. The van der Waals surface area contributed by atoms with Crippen LogP contribution in [0.25, 0.3) is 11.6 Å². The third-order valence-electron chi connectivity index (χ3n) is 3.76. The fourth-order valence-corrected chi connectivity index (χ4v) is 2.45. The van der Waals surface area contributed by atoms with E-state index in [1.807, 2.05) is 51.1 Å². The quantitative estimate of drug-likeness (QED) is 0.389. The topological polar surface area (TPSA) is 24.7 Å². The zero-order chi connectivity index (χ0) is 20.1. The van der Waals surface area contributed by atoms with Crippen molar-refractivity contribution in [2.75, 3.05) is 6.67 Å². The van der Waals surface area contributed by atoms with Gasteiger partial charge in [0.15, 0.2) is 0 Å². The number of allylic oxidation sites excluding steroid dienone is 7. The maximum absolute atomic E-state index is 13.3. The second-order valence-electron chi connectivity index (χ2n) is 5.40. The summed E-state index contributed by atoms with van der Waals surface area (Å²) in [5.74, 6) is 0. The van der Waals surface area contributed by atoms with E-state index in [4.69, 9.17) is 0 Å². The van der Waals surface area contributed by atoms with E-state index in [1.165, 1.54) is 24.3 Å². The molecule has 0 amide bonds. The van der Waals surface area contributed by atoms with Crippen LogP contribution in [0.5, 0.6) is 0 Å². The number of hydrogen-bond acceptors (Lipinski definition) is 2. The first kappa shape index (κ1) is 22.2. The number of nitrogens with zero attached hydrogens (tertiary/aromatic N) is 2. The minimum atomic E-state index is -0.574. The molecule has 0 fully saturated rings. The molecule has 0 saturated heterocycles.